The number of aryl methyl sites for hydroxylation is 1. The van der Waals surface area contributed by atoms with Gasteiger partial charge in [-0.25, -0.2) is 13.2 Å². The predicted molar refractivity (Wildman–Crippen MR) is 108 cm³/mol. The van der Waals surface area contributed by atoms with E-state index in [9.17, 15) is 13.2 Å². The third-order valence-electron chi connectivity index (χ3n) is 5.07. The summed E-state index contributed by atoms with van der Waals surface area (Å²) in [7, 11) is -0.189. The van der Waals surface area contributed by atoms with E-state index in [-0.39, 0.29) is 10.5 Å². The number of rotatable bonds is 4. The van der Waals surface area contributed by atoms with E-state index in [1.54, 1.807) is 25.2 Å². The van der Waals surface area contributed by atoms with Crippen LogP contribution in [0.3, 0.4) is 0 Å². The smallest absolute Gasteiger partial charge is 0.408 e. The number of benzene rings is 2. The normalized spacial score (nSPS) is 15.9. The van der Waals surface area contributed by atoms with Gasteiger partial charge in [0.2, 0.25) is 0 Å². The zero-order valence-electron chi connectivity index (χ0n) is 15.8. The molecule has 0 unspecified atom stereocenters. The minimum absolute atomic E-state index is 0.0440. The average Bonchev–Trinajstić information content (AvgIpc) is 2.96. The van der Waals surface area contributed by atoms with Gasteiger partial charge in [-0.1, -0.05) is 12.1 Å². The minimum Gasteiger partial charge on any atom is -0.408 e. The molecule has 0 bridgehead atoms. The molecule has 1 saturated heterocycles. The maximum absolute atomic E-state index is 13.0. The van der Waals surface area contributed by atoms with Crippen LogP contribution < -0.4 is 15.4 Å². The molecular formula is C19H22N4O4S. The quantitative estimate of drug-likeness (QED) is 0.715. The summed E-state index contributed by atoms with van der Waals surface area (Å²) in [5.41, 5.74) is 2.16. The van der Waals surface area contributed by atoms with Crippen LogP contribution in [0.4, 0.5) is 11.4 Å². The molecule has 8 nitrogen and oxygen atoms in total. The fourth-order valence-electron chi connectivity index (χ4n) is 3.37. The van der Waals surface area contributed by atoms with Crippen molar-refractivity contribution in [3.63, 3.8) is 0 Å². The lowest BCUT2D eigenvalue weighted by Gasteiger charge is -2.35. The van der Waals surface area contributed by atoms with E-state index in [0.717, 1.165) is 31.9 Å². The zero-order chi connectivity index (χ0) is 19.9. The molecule has 28 heavy (non-hydrogen) atoms. The molecule has 0 radical (unpaired) electrons. The molecule has 0 aliphatic carbocycles. The van der Waals surface area contributed by atoms with Crippen molar-refractivity contribution < 1.29 is 12.8 Å². The Bertz CT molecular complexity index is 1170. The van der Waals surface area contributed by atoms with Gasteiger partial charge in [-0.15, -0.1) is 0 Å². The Kier molecular flexibility index (Phi) is 4.64. The van der Waals surface area contributed by atoms with E-state index in [1.807, 2.05) is 12.1 Å². The lowest BCUT2D eigenvalue weighted by atomic mass is 10.2. The second-order valence-electron chi connectivity index (χ2n) is 6.97. The van der Waals surface area contributed by atoms with Gasteiger partial charge >= 0.3 is 5.76 Å². The van der Waals surface area contributed by atoms with E-state index in [1.165, 1.54) is 16.7 Å². The molecule has 0 amide bonds. The van der Waals surface area contributed by atoms with Crippen molar-refractivity contribution >= 4 is 32.5 Å². The van der Waals surface area contributed by atoms with Crippen LogP contribution in [-0.4, -0.2) is 51.1 Å². The number of likely N-dealkylation sites (N-methyl/N-ethyl adjacent to an activating group) is 1. The van der Waals surface area contributed by atoms with Gasteiger partial charge in [-0.2, -0.15) is 0 Å². The van der Waals surface area contributed by atoms with Gasteiger partial charge in [0.05, 0.1) is 21.8 Å². The van der Waals surface area contributed by atoms with Crippen molar-refractivity contribution in [1.82, 2.24) is 9.47 Å². The number of hydrogen-bond donors (Lipinski definition) is 1. The van der Waals surface area contributed by atoms with Crippen LogP contribution in [0.25, 0.3) is 11.1 Å². The van der Waals surface area contributed by atoms with Gasteiger partial charge in [0.1, 0.15) is 0 Å². The van der Waals surface area contributed by atoms with Crippen LogP contribution in [0.2, 0.25) is 0 Å². The maximum atomic E-state index is 13.0. The predicted octanol–water partition coefficient (Wildman–Crippen LogP) is 1.68. The van der Waals surface area contributed by atoms with Crippen molar-refractivity contribution in [2.75, 3.05) is 42.8 Å². The Morgan fingerprint density at radius 3 is 2.46 bits per heavy atom. The van der Waals surface area contributed by atoms with Gasteiger partial charge < -0.3 is 14.2 Å². The molecule has 2 heterocycles. The number of fused-ring (bicyclic) bond motifs is 1. The van der Waals surface area contributed by atoms with Crippen LogP contribution in [0.15, 0.2) is 56.6 Å². The number of oxazole rings is 1. The first kappa shape index (κ1) is 18.6. The van der Waals surface area contributed by atoms with Gasteiger partial charge in [-0.3, -0.25) is 9.29 Å². The van der Waals surface area contributed by atoms with Crippen LogP contribution in [0.1, 0.15) is 0 Å². The highest BCUT2D eigenvalue weighted by Gasteiger charge is 2.21. The van der Waals surface area contributed by atoms with Gasteiger partial charge in [0.15, 0.2) is 5.58 Å². The van der Waals surface area contributed by atoms with Gasteiger partial charge in [0.25, 0.3) is 10.0 Å². The Hall–Kier alpha value is -2.78. The number of aromatic nitrogens is 1. The molecule has 148 valence electrons. The fraction of sp³-hybridized carbons (Fsp3) is 0.316. The molecule has 3 aromatic rings. The number of sulfonamides is 1. The Morgan fingerprint density at radius 1 is 1.00 bits per heavy atom. The van der Waals surface area contributed by atoms with Crippen LogP contribution >= 0.6 is 0 Å². The Morgan fingerprint density at radius 2 is 1.71 bits per heavy atom. The Labute approximate surface area is 163 Å². The van der Waals surface area contributed by atoms with Crippen molar-refractivity contribution in [2.24, 2.45) is 7.05 Å². The molecule has 0 spiro atoms. The summed E-state index contributed by atoms with van der Waals surface area (Å²) in [6, 6.07) is 11.8. The maximum Gasteiger partial charge on any atom is 0.419 e. The first-order valence-corrected chi connectivity index (χ1v) is 10.5. The largest absolute Gasteiger partial charge is 0.419 e. The molecule has 0 atom stereocenters. The molecular weight excluding hydrogens is 380 g/mol. The van der Waals surface area contributed by atoms with Crippen molar-refractivity contribution in [1.29, 1.82) is 0 Å². The first-order valence-electron chi connectivity index (χ1n) is 9.00. The number of nitrogens with zero attached hydrogens (tertiary/aromatic N) is 3. The highest BCUT2D eigenvalue weighted by Crippen LogP contribution is 2.29. The number of nitrogens with one attached hydrogen (secondary N) is 1. The minimum atomic E-state index is -3.84. The summed E-state index contributed by atoms with van der Waals surface area (Å²) < 4.78 is 35.1. The molecule has 1 aliphatic rings. The van der Waals surface area contributed by atoms with E-state index in [2.05, 4.69) is 21.6 Å². The highest BCUT2D eigenvalue weighted by molar-refractivity contribution is 7.92. The van der Waals surface area contributed by atoms with Crippen LogP contribution in [-0.2, 0) is 17.1 Å². The highest BCUT2D eigenvalue weighted by atomic mass is 32.2. The van der Waals surface area contributed by atoms with Crippen LogP contribution in [0.5, 0.6) is 0 Å². The second-order valence-corrected chi connectivity index (χ2v) is 8.65. The molecule has 1 aliphatic heterocycles. The standard InChI is InChI=1S/C19H22N4O4S/c1-21-9-11-23(12-10-21)16-6-4-3-5-15(16)20-28(25,26)14-7-8-17-18(13-14)27-19(24)22(17)2/h3-8,13,20H,9-12H2,1-2H3. The van der Waals surface area contributed by atoms with Crippen molar-refractivity contribution in [3.8, 4) is 0 Å². The number of anilines is 2. The monoisotopic (exact) mass is 402 g/mol. The molecule has 9 heteroatoms. The third-order valence-corrected chi connectivity index (χ3v) is 6.43. The van der Waals surface area contributed by atoms with Gasteiger partial charge in [0, 0.05) is 39.3 Å². The molecule has 1 N–H and O–H groups in total. The fourth-order valence-corrected chi connectivity index (χ4v) is 4.46. The molecule has 4 rings (SSSR count). The Balaban J connectivity index is 1.66. The average molecular weight is 402 g/mol. The van der Waals surface area contributed by atoms with Crippen molar-refractivity contribution in [3.05, 3.63) is 53.0 Å². The topological polar surface area (TPSA) is 87.8 Å². The van der Waals surface area contributed by atoms with Gasteiger partial charge in [-0.05, 0) is 31.3 Å². The lowest BCUT2D eigenvalue weighted by Crippen LogP contribution is -2.44. The summed E-state index contributed by atoms with van der Waals surface area (Å²) in [6.45, 7) is 3.50. The van der Waals surface area contributed by atoms with E-state index >= 15 is 0 Å². The van der Waals surface area contributed by atoms with E-state index in [0.29, 0.717) is 11.2 Å². The number of hydrogen-bond acceptors (Lipinski definition) is 6. The zero-order valence-corrected chi connectivity index (χ0v) is 16.6. The molecule has 0 saturated carbocycles. The molecule has 1 aromatic heterocycles. The lowest BCUT2D eigenvalue weighted by molar-refractivity contribution is 0.313. The second kappa shape index (κ2) is 6.99. The van der Waals surface area contributed by atoms with E-state index in [4.69, 9.17) is 4.42 Å². The third kappa shape index (κ3) is 3.38. The molecule has 1 fully saturated rings. The number of para-hydroxylation sites is 2. The SMILES string of the molecule is CN1CCN(c2ccccc2NS(=O)(=O)c2ccc3c(c2)oc(=O)n3C)CC1. The molecule has 2 aromatic carbocycles. The summed E-state index contributed by atoms with van der Waals surface area (Å²) in [5, 5.41) is 0. The summed E-state index contributed by atoms with van der Waals surface area (Å²) in [4.78, 5) is 16.1. The summed E-state index contributed by atoms with van der Waals surface area (Å²) in [5.74, 6) is -0.530. The summed E-state index contributed by atoms with van der Waals surface area (Å²) >= 11 is 0. The van der Waals surface area contributed by atoms with E-state index < -0.39 is 15.8 Å². The number of piperazine rings is 1. The first-order chi connectivity index (χ1) is 13.3. The van der Waals surface area contributed by atoms with Crippen LogP contribution in [0, 0.1) is 0 Å². The van der Waals surface area contributed by atoms with Crippen molar-refractivity contribution in [2.45, 2.75) is 4.90 Å². The summed E-state index contributed by atoms with van der Waals surface area (Å²) in [6.07, 6.45) is 0.